The Morgan fingerprint density at radius 3 is 2.43 bits per heavy atom. The highest BCUT2D eigenvalue weighted by Gasteiger charge is 2.46. The van der Waals surface area contributed by atoms with E-state index in [2.05, 4.69) is 32.5 Å². The summed E-state index contributed by atoms with van der Waals surface area (Å²) in [5.41, 5.74) is 4.29. The fourth-order valence-electron chi connectivity index (χ4n) is 7.34. The second-order valence-electron chi connectivity index (χ2n) is 12.4. The Balaban J connectivity index is 0.974. The first-order valence-corrected chi connectivity index (χ1v) is 15.6. The van der Waals surface area contributed by atoms with Gasteiger partial charge in [-0.15, -0.1) is 0 Å². The molecular formula is C34H35ClN4O3. The van der Waals surface area contributed by atoms with Crippen LogP contribution in [0.1, 0.15) is 60.5 Å². The van der Waals surface area contributed by atoms with Gasteiger partial charge < -0.3 is 14.8 Å². The standard InChI is InChI=1S/C34H35ClN4O3/c35-30-4-2-1-3-28(30)32(20-5-6-20)36-34(40)22-9-14-31-29(15-22)33(38-37-31)21-7-12-26(13-8-21)42-27-16-23-10-11-24(17-27)39(23)25-18-41-19-25/h1-4,7-9,12-15,20,23-25,27,32H,5-6,10-11,16-19H2,(H,36,40)(H,37,38)/t23-,24+,27?,32-/m0/s1. The number of fused-ring (bicyclic) bond motifs is 3. The second kappa shape index (κ2) is 10.7. The Labute approximate surface area is 250 Å². The number of aromatic amines is 1. The van der Waals surface area contributed by atoms with E-state index in [1.54, 1.807) is 0 Å². The number of carbonyl (C=O) groups is 1. The van der Waals surface area contributed by atoms with Gasteiger partial charge in [-0.3, -0.25) is 14.8 Å². The summed E-state index contributed by atoms with van der Waals surface area (Å²) in [6.07, 6.45) is 7.15. The zero-order valence-electron chi connectivity index (χ0n) is 23.5. The third-order valence-electron chi connectivity index (χ3n) is 9.66. The number of amides is 1. The molecule has 4 aromatic rings. The number of rotatable bonds is 8. The molecule has 3 aromatic carbocycles. The van der Waals surface area contributed by atoms with Gasteiger partial charge in [-0.1, -0.05) is 29.8 Å². The lowest BCUT2D eigenvalue weighted by atomic mass is 9.96. The molecule has 42 heavy (non-hydrogen) atoms. The van der Waals surface area contributed by atoms with Crippen LogP contribution in [0.5, 0.6) is 5.75 Å². The number of hydrogen-bond donors (Lipinski definition) is 2. The molecule has 0 radical (unpaired) electrons. The average molecular weight is 583 g/mol. The van der Waals surface area contributed by atoms with Gasteiger partial charge in [0.1, 0.15) is 11.9 Å². The van der Waals surface area contributed by atoms with Crippen molar-refractivity contribution in [2.75, 3.05) is 13.2 Å². The predicted molar refractivity (Wildman–Crippen MR) is 163 cm³/mol. The molecule has 1 aliphatic carbocycles. The SMILES string of the molecule is O=C(N[C@H](c1ccccc1Cl)C1CC1)c1ccc2[nH]nc(-c3ccc(OC4C[C@H]5CC[C@@H](C4)N5C4COC4)cc3)c2c1. The second-order valence-corrected chi connectivity index (χ2v) is 12.8. The van der Waals surface area contributed by atoms with Crippen LogP contribution < -0.4 is 10.1 Å². The number of aromatic nitrogens is 2. The van der Waals surface area contributed by atoms with Crippen LogP contribution >= 0.6 is 11.6 Å². The number of ether oxygens (including phenoxy) is 2. The average Bonchev–Trinajstić information content (AvgIpc) is 3.69. The van der Waals surface area contributed by atoms with Crippen LogP contribution in [0.3, 0.4) is 0 Å². The molecule has 4 atom stereocenters. The highest BCUT2D eigenvalue weighted by molar-refractivity contribution is 6.31. The molecule has 7 nitrogen and oxygen atoms in total. The fourth-order valence-corrected chi connectivity index (χ4v) is 7.59. The number of hydrogen-bond acceptors (Lipinski definition) is 5. The number of benzene rings is 3. The van der Waals surface area contributed by atoms with E-state index >= 15 is 0 Å². The van der Waals surface area contributed by atoms with Crippen LogP contribution in [0.25, 0.3) is 22.2 Å². The number of H-pyrrole nitrogens is 1. The van der Waals surface area contributed by atoms with Gasteiger partial charge in [0.25, 0.3) is 5.91 Å². The summed E-state index contributed by atoms with van der Waals surface area (Å²) >= 11 is 6.50. The highest BCUT2D eigenvalue weighted by atomic mass is 35.5. The third-order valence-corrected chi connectivity index (χ3v) is 10.0. The summed E-state index contributed by atoms with van der Waals surface area (Å²) in [5, 5.41) is 12.6. The summed E-state index contributed by atoms with van der Waals surface area (Å²) in [6.45, 7) is 1.77. The van der Waals surface area contributed by atoms with E-state index in [1.807, 2.05) is 54.6 Å². The number of carbonyl (C=O) groups excluding carboxylic acids is 1. The predicted octanol–water partition coefficient (Wildman–Crippen LogP) is 6.54. The molecule has 8 heteroatoms. The monoisotopic (exact) mass is 582 g/mol. The molecular weight excluding hydrogens is 548 g/mol. The topological polar surface area (TPSA) is 79.5 Å². The molecule has 1 amide bonds. The highest BCUT2D eigenvalue weighted by Crippen LogP contribution is 2.43. The summed E-state index contributed by atoms with van der Waals surface area (Å²) in [5.74, 6) is 1.21. The molecule has 0 spiro atoms. The van der Waals surface area contributed by atoms with E-state index in [0.717, 1.165) is 72.4 Å². The number of halogens is 1. The Hall–Kier alpha value is -3.39. The van der Waals surface area contributed by atoms with Crippen LogP contribution in [-0.4, -0.2) is 58.4 Å². The first-order chi connectivity index (χ1) is 20.6. The Bertz CT molecular complexity index is 1600. The minimum absolute atomic E-state index is 0.0899. The van der Waals surface area contributed by atoms with E-state index in [9.17, 15) is 4.79 Å². The van der Waals surface area contributed by atoms with Gasteiger partial charge in [0.2, 0.25) is 0 Å². The van der Waals surface area contributed by atoms with Crippen molar-refractivity contribution in [2.45, 2.75) is 68.8 Å². The first-order valence-electron chi connectivity index (χ1n) is 15.3. The zero-order chi connectivity index (χ0) is 28.2. The quantitative estimate of drug-likeness (QED) is 0.247. The number of piperidine rings is 1. The van der Waals surface area contributed by atoms with Crippen molar-refractivity contribution in [2.24, 2.45) is 5.92 Å². The maximum Gasteiger partial charge on any atom is 0.251 e. The van der Waals surface area contributed by atoms with E-state index < -0.39 is 0 Å². The minimum Gasteiger partial charge on any atom is -0.490 e. The van der Waals surface area contributed by atoms with Gasteiger partial charge in [0.05, 0.1) is 36.5 Å². The number of nitrogens with zero attached hydrogens (tertiary/aromatic N) is 2. The summed E-state index contributed by atoms with van der Waals surface area (Å²) in [4.78, 5) is 16.2. The first kappa shape index (κ1) is 26.3. The van der Waals surface area contributed by atoms with Crippen molar-refractivity contribution in [3.63, 3.8) is 0 Å². The van der Waals surface area contributed by atoms with Gasteiger partial charge in [-0.2, -0.15) is 5.10 Å². The van der Waals surface area contributed by atoms with E-state index in [1.165, 1.54) is 12.8 Å². The molecule has 2 N–H and O–H groups in total. The summed E-state index contributed by atoms with van der Waals surface area (Å²) in [7, 11) is 0. The largest absolute Gasteiger partial charge is 0.490 e. The molecule has 216 valence electrons. The Kier molecular flexibility index (Phi) is 6.69. The van der Waals surface area contributed by atoms with Crippen molar-refractivity contribution in [3.8, 4) is 17.0 Å². The molecule has 1 aromatic heterocycles. The summed E-state index contributed by atoms with van der Waals surface area (Å²) < 4.78 is 11.9. The molecule has 4 heterocycles. The van der Waals surface area contributed by atoms with Gasteiger partial charge in [-0.05, 0) is 98.5 Å². The van der Waals surface area contributed by atoms with Crippen molar-refractivity contribution >= 4 is 28.4 Å². The van der Waals surface area contributed by atoms with Crippen LogP contribution in [0.15, 0.2) is 66.7 Å². The smallest absolute Gasteiger partial charge is 0.251 e. The van der Waals surface area contributed by atoms with Crippen LogP contribution in [0, 0.1) is 5.92 Å². The van der Waals surface area contributed by atoms with Crippen LogP contribution in [0.4, 0.5) is 0 Å². The maximum atomic E-state index is 13.4. The molecule has 4 aliphatic rings. The molecule has 1 unspecified atom stereocenters. The molecule has 3 aliphatic heterocycles. The molecule has 4 fully saturated rings. The van der Waals surface area contributed by atoms with Crippen molar-refractivity contribution in [1.82, 2.24) is 20.4 Å². The lowest BCUT2D eigenvalue weighted by Crippen LogP contribution is -2.57. The van der Waals surface area contributed by atoms with Gasteiger partial charge in [0.15, 0.2) is 0 Å². The van der Waals surface area contributed by atoms with Crippen molar-refractivity contribution < 1.29 is 14.3 Å². The van der Waals surface area contributed by atoms with Crippen LogP contribution in [0.2, 0.25) is 5.02 Å². The molecule has 2 bridgehead atoms. The molecule has 8 rings (SSSR count). The van der Waals surface area contributed by atoms with Gasteiger partial charge >= 0.3 is 0 Å². The Morgan fingerprint density at radius 1 is 0.976 bits per heavy atom. The van der Waals surface area contributed by atoms with Crippen molar-refractivity contribution in [3.05, 3.63) is 82.9 Å². The fraction of sp³-hybridized carbons (Fsp3) is 0.412. The lowest BCUT2D eigenvalue weighted by molar-refractivity contribution is -0.102. The third kappa shape index (κ3) is 4.87. The van der Waals surface area contributed by atoms with E-state index in [4.69, 9.17) is 21.1 Å². The Morgan fingerprint density at radius 2 is 1.74 bits per heavy atom. The van der Waals surface area contributed by atoms with Crippen molar-refractivity contribution in [1.29, 1.82) is 0 Å². The maximum absolute atomic E-state index is 13.4. The molecule has 1 saturated carbocycles. The zero-order valence-corrected chi connectivity index (χ0v) is 24.2. The van der Waals surface area contributed by atoms with E-state index in [0.29, 0.717) is 34.6 Å². The van der Waals surface area contributed by atoms with E-state index in [-0.39, 0.29) is 18.1 Å². The van der Waals surface area contributed by atoms with Gasteiger partial charge in [0, 0.05) is 33.6 Å². The normalized spacial score (nSPS) is 24.8. The van der Waals surface area contributed by atoms with Gasteiger partial charge in [-0.25, -0.2) is 0 Å². The summed E-state index contributed by atoms with van der Waals surface area (Å²) in [6, 6.07) is 23.5. The number of nitrogens with one attached hydrogen (secondary N) is 2. The minimum atomic E-state index is -0.102. The van der Waals surface area contributed by atoms with Crippen LogP contribution in [-0.2, 0) is 4.74 Å². The molecule has 3 saturated heterocycles. The lowest BCUT2D eigenvalue weighted by Gasteiger charge is -2.46.